The van der Waals surface area contributed by atoms with Crippen LogP contribution in [-0.2, 0) is 11.4 Å². The Bertz CT molecular complexity index is 1430. The highest BCUT2D eigenvalue weighted by Crippen LogP contribution is 2.33. The first-order chi connectivity index (χ1) is 16.9. The fourth-order valence-electron chi connectivity index (χ4n) is 2.93. The summed E-state index contributed by atoms with van der Waals surface area (Å²) in [5.41, 5.74) is 2.52. The molecule has 0 spiro atoms. The molecule has 4 aromatic rings. The van der Waals surface area contributed by atoms with Crippen molar-refractivity contribution in [3.63, 3.8) is 0 Å². The Morgan fingerprint density at radius 1 is 1.06 bits per heavy atom. The van der Waals surface area contributed by atoms with Crippen molar-refractivity contribution in [1.82, 2.24) is 10.2 Å². The van der Waals surface area contributed by atoms with E-state index in [4.69, 9.17) is 37.6 Å². The van der Waals surface area contributed by atoms with Crippen molar-refractivity contribution in [2.24, 2.45) is 0 Å². The molecule has 1 N–H and O–H groups in total. The van der Waals surface area contributed by atoms with Gasteiger partial charge in [-0.15, -0.1) is 10.2 Å². The van der Waals surface area contributed by atoms with Gasteiger partial charge in [-0.05, 0) is 78.0 Å². The number of halogens is 2. The third kappa shape index (κ3) is 6.43. The molecule has 0 bridgehead atoms. The summed E-state index contributed by atoms with van der Waals surface area (Å²) in [5.74, 6) is -0.507. The van der Waals surface area contributed by atoms with E-state index in [9.17, 15) is 9.90 Å². The molecule has 0 saturated carbocycles. The summed E-state index contributed by atoms with van der Waals surface area (Å²) in [7, 11) is 0. The van der Waals surface area contributed by atoms with Gasteiger partial charge >= 0.3 is 5.97 Å². The van der Waals surface area contributed by atoms with Crippen LogP contribution in [0.2, 0.25) is 10.0 Å². The Morgan fingerprint density at radius 3 is 2.46 bits per heavy atom. The first-order valence-corrected chi connectivity index (χ1v) is 11.6. The molecule has 0 aliphatic rings. The van der Waals surface area contributed by atoms with Crippen molar-refractivity contribution < 1.29 is 19.1 Å². The first kappa shape index (κ1) is 24.4. The van der Waals surface area contributed by atoms with Crippen LogP contribution in [0.15, 0.2) is 81.3 Å². The minimum absolute atomic E-state index is 0.0608. The van der Waals surface area contributed by atoms with Crippen LogP contribution in [0, 0.1) is 11.3 Å². The van der Waals surface area contributed by atoms with Crippen molar-refractivity contribution in [2.45, 2.75) is 11.8 Å². The average Bonchev–Trinajstić information content (AvgIpc) is 3.32. The van der Waals surface area contributed by atoms with E-state index in [1.54, 1.807) is 66.7 Å². The number of rotatable bonds is 8. The number of aliphatic carboxylic acids is 1. The summed E-state index contributed by atoms with van der Waals surface area (Å²) in [5, 5.41) is 27.7. The Labute approximate surface area is 214 Å². The van der Waals surface area contributed by atoms with Gasteiger partial charge in [-0.25, -0.2) is 4.79 Å². The molecule has 0 aliphatic carbocycles. The Balaban J connectivity index is 1.56. The molecule has 0 unspecified atom stereocenters. The number of hydrogen-bond donors (Lipinski definition) is 1. The van der Waals surface area contributed by atoms with Gasteiger partial charge in [0.25, 0.3) is 5.22 Å². The number of nitriles is 1. The number of thioether (sulfide) groups is 1. The highest BCUT2D eigenvalue weighted by molar-refractivity contribution is 8.03. The molecule has 0 aliphatic heterocycles. The number of nitrogens with zero attached hydrogens (tertiary/aromatic N) is 3. The van der Waals surface area contributed by atoms with Crippen molar-refractivity contribution in [1.29, 1.82) is 5.26 Å². The summed E-state index contributed by atoms with van der Waals surface area (Å²) in [6.07, 6.45) is 1.43. The summed E-state index contributed by atoms with van der Waals surface area (Å²) < 4.78 is 11.5. The lowest BCUT2D eigenvalue weighted by molar-refractivity contribution is -0.131. The van der Waals surface area contributed by atoms with E-state index >= 15 is 0 Å². The smallest absolute Gasteiger partial charge is 0.342 e. The fourth-order valence-corrected chi connectivity index (χ4v) is 3.90. The molecule has 3 aromatic carbocycles. The lowest BCUT2D eigenvalue weighted by atomic mass is 10.1. The molecule has 1 heterocycles. The largest absolute Gasteiger partial charge is 0.488 e. The van der Waals surface area contributed by atoms with Gasteiger partial charge in [-0.1, -0.05) is 35.3 Å². The normalized spacial score (nSPS) is 11.2. The highest BCUT2D eigenvalue weighted by atomic mass is 35.5. The van der Waals surface area contributed by atoms with Crippen LogP contribution >= 0.6 is 35.0 Å². The number of benzene rings is 3. The Morgan fingerprint density at radius 2 is 1.77 bits per heavy atom. The molecule has 35 heavy (non-hydrogen) atoms. The predicted octanol–water partition coefficient (Wildman–Crippen LogP) is 6.71. The minimum Gasteiger partial charge on any atom is -0.488 e. The maximum atomic E-state index is 12.0. The van der Waals surface area contributed by atoms with Gasteiger partial charge in [0.2, 0.25) is 5.89 Å². The number of carboxylic acids is 1. The minimum atomic E-state index is -1.18. The molecule has 0 atom stereocenters. The monoisotopic (exact) mass is 523 g/mol. The second-order valence-corrected chi connectivity index (χ2v) is 8.94. The molecule has 0 amide bonds. The quantitative estimate of drug-likeness (QED) is 0.200. The van der Waals surface area contributed by atoms with Crippen molar-refractivity contribution in [2.75, 3.05) is 0 Å². The second-order valence-electron chi connectivity index (χ2n) is 7.08. The molecule has 0 saturated heterocycles. The van der Waals surface area contributed by atoms with Crippen LogP contribution in [0.3, 0.4) is 0 Å². The molecule has 4 rings (SSSR count). The SMILES string of the molecule is N#Cc1ccc(COc2ccc(Cl)cc2/C=C(\Sc2nnc(-c3ccc(Cl)cc3)o2)C(=O)O)cc1. The van der Waals surface area contributed by atoms with E-state index in [-0.39, 0.29) is 22.6 Å². The Kier molecular flexibility index (Phi) is 7.73. The number of hydrogen-bond acceptors (Lipinski definition) is 7. The molecule has 0 radical (unpaired) electrons. The average molecular weight is 524 g/mol. The van der Waals surface area contributed by atoms with E-state index in [0.29, 0.717) is 32.5 Å². The van der Waals surface area contributed by atoms with Gasteiger partial charge in [0, 0.05) is 21.2 Å². The van der Waals surface area contributed by atoms with Crippen LogP contribution in [-0.4, -0.2) is 21.3 Å². The van der Waals surface area contributed by atoms with E-state index in [2.05, 4.69) is 16.3 Å². The van der Waals surface area contributed by atoms with Gasteiger partial charge in [0.05, 0.1) is 11.6 Å². The lowest BCUT2D eigenvalue weighted by Gasteiger charge is -2.11. The molecule has 174 valence electrons. The maximum absolute atomic E-state index is 12.0. The number of carboxylic acid groups (broad SMARTS) is 1. The number of aromatic nitrogens is 2. The van der Waals surface area contributed by atoms with E-state index < -0.39 is 5.97 Å². The molecular weight excluding hydrogens is 509 g/mol. The van der Waals surface area contributed by atoms with E-state index in [1.807, 2.05) is 0 Å². The topological polar surface area (TPSA) is 109 Å². The van der Waals surface area contributed by atoms with Gasteiger partial charge < -0.3 is 14.3 Å². The van der Waals surface area contributed by atoms with Gasteiger partial charge in [0.15, 0.2) is 0 Å². The van der Waals surface area contributed by atoms with Crippen LogP contribution in [0.25, 0.3) is 17.5 Å². The van der Waals surface area contributed by atoms with Crippen LogP contribution in [0.1, 0.15) is 16.7 Å². The number of carbonyl (C=O) groups is 1. The predicted molar refractivity (Wildman–Crippen MR) is 133 cm³/mol. The van der Waals surface area contributed by atoms with Crippen molar-refractivity contribution >= 4 is 47.0 Å². The summed E-state index contributed by atoms with van der Waals surface area (Å²) >= 11 is 12.9. The number of ether oxygens (including phenoxy) is 1. The zero-order chi connectivity index (χ0) is 24.8. The standard InChI is InChI=1S/C25H15Cl2N3O4S/c26-19-7-5-17(6-8-19)23-29-30-25(34-23)35-22(24(31)32)12-18-11-20(27)9-10-21(18)33-14-16-3-1-15(13-28)2-4-16/h1-12H,14H2,(H,31,32)/b22-12-. The Hall–Kier alpha value is -3.77. The maximum Gasteiger partial charge on any atom is 0.342 e. The highest BCUT2D eigenvalue weighted by Gasteiger charge is 2.17. The van der Waals surface area contributed by atoms with Crippen molar-refractivity contribution in [3.05, 3.63) is 98.4 Å². The van der Waals surface area contributed by atoms with Gasteiger partial charge in [-0.3, -0.25) is 0 Å². The first-order valence-electron chi connectivity index (χ1n) is 10.0. The summed E-state index contributed by atoms with van der Waals surface area (Å²) in [4.78, 5) is 11.9. The van der Waals surface area contributed by atoms with Crippen LogP contribution in [0.5, 0.6) is 5.75 Å². The van der Waals surface area contributed by atoms with Crippen molar-refractivity contribution in [3.8, 4) is 23.3 Å². The van der Waals surface area contributed by atoms with Crippen LogP contribution in [0.4, 0.5) is 0 Å². The third-order valence-corrected chi connectivity index (χ3v) is 5.98. The van der Waals surface area contributed by atoms with Crippen LogP contribution < -0.4 is 4.74 Å². The zero-order valence-corrected chi connectivity index (χ0v) is 20.1. The van der Waals surface area contributed by atoms with E-state index in [1.165, 1.54) is 6.08 Å². The van der Waals surface area contributed by atoms with E-state index in [0.717, 1.165) is 17.3 Å². The third-order valence-electron chi connectivity index (χ3n) is 4.64. The molecular formula is C25H15Cl2N3O4S. The summed E-state index contributed by atoms with van der Waals surface area (Å²) in [6.45, 7) is 0.220. The van der Waals surface area contributed by atoms with Gasteiger partial charge in [0.1, 0.15) is 17.3 Å². The summed E-state index contributed by atoms with van der Waals surface area (Å²) in [6, 6.07) is 20.8. The molecule has 10 heteroatoms. The zero-order valence-electron chi connectivity index (χ0n) is 17.8. The fraction of sp³-hybridized carbons (Fsp3) is 0.0400. The molecule has 7 nitrogen and oxygen atoms in total. The lowest BCUT2D eigenvalue weighted by Crippen LogP contribution is -2.00. The second kappa shape index (κ2) is 11.1. The van der Waals surface area contributed by atoms with Gasteiger partial charge in [-0.2, -0.15) is 5.26 Å². The molecule has 1 aromatic heterocycles. The molecule has 0 fully saturated rings.